The topological polar surface area (TPSA) is 33.1 Å². The molecule has 1 aromatic heterocycles. The predicted molar refractivity (Wildman–Crippen MR) is 85.4 cm³/mol. The molecule has 1 fully saturated rings. The van der Waals surface area contributed by atoms with Gasteiger partial charge < -0.3 is 5.32 Å². The number of piperazine rings is 1. The second-order valence-electron chi connectivity index (χ2n) is 5.30. The summed E-state index contributed by atoms with van der Waals surface area (Å²) in [5.41, 5.74) is 2.47. The fourth-order valence-corrected chi connectivity index (χ4v) is 2.86. The Bertz CT molecular complexity index is 566. The van der Waals surface area contributed by atoms with Crippen molar-refractivity contribution in [3.05, 3.63) is 30.0 Å². The third-order valence-corrected chi connectivity index (χ3v) is 4.03. The van der Waals surface area contributed by atoms with E-state index in [0.717, 1.165) is 32.7 Å². The molecule has 1 saturated heterocycles. The second-order valence-corrected chi connectivity index (χ2v) is 5.30. The van der Waals surface area contributed by atoms with Gasteiger partial charge in [-0.25, -0.2) is 0 Å². The largest absolute Gasteiger partial charge is 0.314 e. The molecule has 1 aliphatic rings. The molecule has 1 aromatic carbocycles. The molecular formula is C15H23ClN4. The fraction of sp³-hybridized carbons (Fsp3) is 0.533. The molecule has 4 nitrogen and oxygen atoms in total. The van der Waals surface area contributed by atoms with Gasteiger partial charge in [-0.2, -0.15) is 5.10 Å². The third-order valence-electron chi connectivity index (χ3n) is 4.03. The van der Waals surface area contributed by atoms with Gasteiger partial charge in [0, 0.05) is 44.2 Å². The first-order chi connectivity index (χ1) is 9.29. The maximum atomic E-state index is 4.79. The van der Waals surface area contributed by atoms with E-state index in [1.54, 1.807) is 0 Å². The summed E-state index contributed by atoms with van der Waals surface area (Å²) in [5, 5.41) is 9.53. The van der Waals surface area contributed by atoms with E-state index in [1.165, 1.54) is 16.6 Å². The molecule has 1 aliphatic heterocycles. The van der Waals surface area contributed by atoms with Crippen LogP contribution < -0.4 is 5.32 Å². The van der Waals surface area contributed by atoms with Crippen LogP contribution in [0.15, 0.2) is 24.3 Å². The van der Waals surface area contributed by atoms with Crippen molar-refractivity contribution in [3.63, 3.8) is 0 Å². The van der Waals surface area contributed by atoms with Gasteiger partial charge in [-0.3, -0.25) is 9.58 Å². The highest BCUT2D eigenvalue weighted by atomic mass is 35.5. The molecule has 0 radical (unpaired) electrons. The number of rotatable bonds is 3. The Balaban J connectivity index is 0.00000147. The Hall–Kier alpha value is -1.10. The van der Waals surface area contributed by atoms with Crippen molar-refractivity contribution in [2.24, 2.45) is 0 Å². The van der Waals surface area contributed by atoms with E-state index in [-0.39, 0.29) is 12.4 Å². The molecule has 3 rings (SSSR count). The lowest BCUT2D eigenvalue weighted by molar-refractivity contribution is 0.164. The standard InChI is InChI=1S/C15H22N4.ClH/c1-3-19-15-7-5-4-6-13(15)14(17-19)11-18-9-8-16-10-12(18)2;/h4-7,12,16H,3,8-11H2,1-2H3;1H. The highest BCUT2D eigenvalue weighted by Crippen LogP contribution is 2.20. The Labute approximate surface area is 126 Å². The first-order valence-corrected chi connectivity index (χ1v) is 7.18. The first-order valence-electron chi connectivity index (χ1n) is 7.18. The first kappa shape index (κ1) is 15.3. The van der Waals surface area contributed by atoms with E-state index in [1.807, 2.05) is 0 Å². The third kappa shape index (κ3) is 2.82. The minimum Gasteiger partial charge on any atom is -0.314 e. The van der Waals surface area contributed by atoms with Crippen LogP contribution in [0.3, 0.4) is 0 Å². The Morgan fingerprint density at radius 1 is 1.35 bits per heavy atom. The molecule has 20 heavy (non-hydrogen) atoms. The van der Waals surface area contributed by atoms with Crippen molar-refractivity contribution >= 4 is 23.3 Å². The molecule has 5 heteroatoms. The molecule has 1 N–H and O–H groups in total. The van der Waals surface area contributed by atoms with Gasteiger partial charge in [0.1, 0.15) is 0 Å². The molecule has 1 unspecified atom stereocenters. The SMILES string of the molecule is CCn1nc(CN2CCNCC2C)c2ccccc21.Cl. The van der Waals surface area contributed by atoms with E-state index in [0.29, 0.717) is 6.04 Å². The molecule has 110 valence electrons. The summed E-state index contributed by atoms with van der Waals surface area (Å²) in [5.74, 6) is 0. The Morgan fingerprint density at radius 3 is 2.90 bits per heavy atom. The van der Waals surface area contributed by atoms with Gasteiger partial charge in [0.25, 0.3) is 0 Å². The summed E-state index contributed by atoms with van der Waals surface area (Å²) < 4.78 is 2.11. The van der Waals surface area contributed by atoms with Gasteiger partial charge in [0.15, 0.2) is 0 Å². The normalized spacial score (nSPS) is 20.0. The minimum atomic E-state index is 0. The zero-order valence-electron chi connectivity index (χ0n) is 12.2. The zero-order chi connectivity index (χ0) is 13.2. The summed E-state index contributed by atoms with van der Waals surface area (Å²) in [6, 6.07) is 9.13. The number of para-hydroxylation sites is 1. The number of aryl methyl sites for hydroxylation is 1. The van der Waals surface area contributed by atoms with Crippen LogP contribution in [0.5, 0.6) is 0 Å². The summed E-state index contributed by atoms with van der Waals surface area (Å²) in [6.07, 6.45) is 0. The maximum Gasteiger partial charge on any atom is 0.0843 e. The highest BCUT2D eigenvalue weighted by molar-refractivity contribution is 5.85. The molecule has 0 saturated carbocycles. The van der Waals surface area contributed by atoms with E-state index < -0.39 is 0 Å². The number of nitrogens with zero attached hydrogens (tertiary/aromatic N) is 3. The molecule has 1 atom stereocenters. The number of nitrogens with one attached hydrogen (secondary N) is 1. The smallest absolute Gasteiger partial charge is 0.0843 e. The second kappa shape index (κ2) is 6.57. The van der Waals surface area contributed by atoms with Gasteiger partial charge in [-0.1, -0.05) is 18.2 Å². The number of halogens is 1. The lowest BCUT2D eigenvalue weighted by Gasteiger charge is -2.33. The van der Waals surface area contributed by atoms with Gasteiger partial charge >= 0.3 is 0 Å². The Morgan fingerprint density at radius 2 is 2.15 bits per heavy atom. The van der Waals surface area contributed by atoms with Crippen LogP contribution in [0.4, 0.5) is 0 Å². The van der Waals surface area contributed by atoms with E-state index in [9.17, 15) is 0 Å². The van der Waals surface area contributed by atoms with Crippen LogP contribution in [0.2, 0.25) is 0 Å². The summed E-state index contributed by atoms with van der Waals surface area (Å²) in [6.45, 7) is 9.58. The van der Waals surface area contributed by atoms with Crippen molar-refractivity contribution in [2.75, 3.05) is 19.6 Å². The molecular weight excluding hydrogens is 272 g/mol. The summed E-state index contributed by atoms with van der Waals surface area (Å²) in [4.78, 5) is 2.52. The molecule has 0 spiro atoms. The van der Waals surface area contributed by atoms with Crippen molar-refractivity contribution < 1.29 is 0 Å². The van der Waals surface area contributed by atoms with Crippen LogP contribution in [-0.2, 0) is 13.1 Å². The Kier molecular flexibility index (Phi) is 5.02. The molecule has 2 heterocycles. The quantitative estimate of drug-likeness (QED) is 0.943. The van der Waals surface area contributed by atoms with Crippen molar-refractivity contribution in [1.29, 1.82) is 0 Å². The lowest BCUT2D eigenvalue weighted by atomic mass is 10.1. The van der Waals surface area contributed by atoms with Gasteiger partial charge in [0.2, 0.25) is 0 Å². The van der Waals surface area contributed by atoms with Crippen LogP contribution >= 0.6 is 12.4 Å². The van der Waals surface area contributed by atoms with Crippen molar-refractivity contribution in [2.45, 2.75) is 33.0 Å². The lowest BCUT2D eigenvalue weighted by Crippen LogP contribution is -2.49. The van der Waals surface area contributed by atoms with E-state index in [2.05, 4.69) is 53.0 Å². The van der Waals surface area contributed by atoms with Gasteiger partial charge in [-0.05, 0) is 19.9 Å². The predicted octanol–water partition coefficient (Wildman–Crippen LogP) is 2.27. The monoisotopic (exact) mass is 294 g/mol. The van der Waals surface area contributed by atoms with Crippen LogP contribution in [-0.4, -0.2) is 40.4 Å². The average Bonchev–Trinajstić information content (AvgIpc) is 2.80. The zero-order valence-corrected chi connectivity index (χ0v) is 13.0. The van der Waals surface area contributed by atoms with Gasteiger partial charge in [0.05, 0.1) is 11.2 Å². The van der Waals surface area contributed by atoms with Gasteiger partial charge in [-0.15, -0.1) is 12.4 Å². The number of fused-ring (bicyclic) bond motifs is 1. The molecule has 0 aliphatic carbocycles. The summed E-state index contributed by atoms with van der Waals surface area (Å²) in [7, 11) is 0. The highest BCUT2D eigenvalue weighted by Gasteiger charge is 2.20. The maximum absolute atomic E-state index is 4.79. The van der Waals surface area contributed by atoms with Crippen molar-refractivity contribution in [1.82, 2.24) is 20.0 Å². The van der Waals surface area contributed by atoms with E-state index in [4.69, 9.17) is 5.10 Å². The number of hydrogen-bond donors (Lipinski definition) is 1. The number of hydrogen-bond acceptors (Lipinski definition) is 3. The number of benzene rings is 1. The van der Waals surface area contributed by atoms with Crippen molar-refractivity contribution in [3.8, 4) is 0 Å². The average molecular weight is 295 g/mol. The number of aromatic nitrogens is 2. The fourth-order valence-electron chi connectivity index (χ4n) is 2.86. The molecule has 2 aromatic rings. The van der Waals surface area contributed by atoms with Crippen LogP contribution in [0.1, 0.15) is 19.5 Å². The van der Waals surface area contributed by atoms with E-state index >= 15 is 0 Å². The molecule has 0 amide bonds. The van der Waals surface area contributed by atoms with Crippen LogP contribution in [0.25, 0.3) is 10.9 Å². The minimum absolute atomic E-state index is 0. The molecule has 0 bridgehead atoms. The van der Waals surface area contributed by atoms with Crippen LogP contribution in [0, 0.1) is 0 Å². The summed E-state index contributed by atoms with van der Waals surface area (Å²) >= 11 is 0.